The topological polar surface area (TPSA) is 118 Å². The first-order valence-corrected chi connectivity index (χ1v) is 7.78. The Kier molecular flexibility index (Phi) is 3.81. The Morgan fingerprint density at radius 3 is 1.73 bits per heavy atom. The summed E-state index contributed by atoms with van der Waals surface area (Å²) in [4.78, 5) is 34.9. The van der Waals surface area contributed by atoms with Gasteiger partial charge in [-0.2, -0.15) is 0 Å². The smallest absolute Gasteiger partial charge is 0.323 e. The average Bonchev–Trinajstić information content (AvgIpc) is 2.61. The van der Waals surface area contributed by atoms with E-state index in [4.69, 9.17) is 9.47 Å². The number of carbonyl (C=O) groups excluding carboxylic acids is 3. The molecule has 2 aromatic carbocycles. The van der Waals surface area contributed by atoms with Gasteiger partial charge in [0.15, 0.2) is 13.2 Å². The summed E-state index contributed by atoms with van der Waals surface area (Å²) >= 11 is 0. The summed E-state index contributed by atoms with van der Waals surface area (Å²) in [6.07, 6.45) is 0. The average molecular weight is 354 g/mol. The van der Waals surface area contributed by atoms with Crippen LogP contribution in [0.15, 0.2) is 36.4 Å². The van der Waals surface area contributed by atoms with Gasteiger partial charge >= 0.3 is 6.03 Å². The molecule has 0 bridgehead atoms. The van der Waals surface area contributed by atoms with Crippen LogP contribution in [-0.2, 0) is 9.59 Å². The van der Waals surface area contributed by atoms with E-state index in [-0.39, 0.29) is 25.0 Å². The lowest BCUT2D eigenvalue weighted by molar-refractivity contribution is -0.119. The van der Waals surface area contributed by atoms with Crippen LogP contribution in [-0.4, -0.2) is 31.1 Å². The van der Waals surface area contributed by atoms with Crippen LogP contribution in [0.1, 0.15) is 0 Å². The van der Waals surface area contributed by atoms with Crippen molar-refractivity contribution in [2.24, 2.45) is 0 Å². The van der Waals surface area contributed by atoms with Gasteiger partial charge in [-0.15, -0.1) is 0 Å². The quantitative estimate of drug-likeness (QED) is 0.658. The van der Waals surface area contributed by atoms with Crippen molar-refractivity contribution in [3.8, 4) is 11.5 Å². The second-order valence-corrected chi connectivity index (χ2v) is 5.67. The standard InChI is InChI=1S/C17H14N4O5/c22-15-7-25-13-3-1-9(5-11(13)20-15)18-17(24)19-10-2-4-14-12(6-10)21-16(23)8-26-14/h1-6H,7-8H2,(H,20,22)(H,21,23)(H2,18,19,24). The number of urea groups is 1. The van der Waals surface area contributed by atoms with Crippen LogP contribution in [0, 0.1) is 0 Å². The number of benzene rings is 2. The maximum absolute atomic E-state index is 12.2. The van der Waals surface area contributed by atoms with Crippen LogP contribution in [0.5, 0.6) is 11.5 Å². The Hall–Kier alpha value is -3.75. The van der Waals surface area contributed by atoms with Gasteiger partial charge in [0.05, 0.1) is 11.4 Å². The van der Waals surface area contributed by atoms with Crippen LogP contribution < -0.4 is 30.7 Å². The largest absolute Gasteiger partial charge is 0.482 e. The zero-order valence-corrected chi connectivity index (χ0v) is 13.4. The molecule has 4 amide bonds. The van der Waals surface area contributed by atoms with E-state index < -0.39 is 6.03 Å². The van der Waals surface area contributed by atoms with E-state index in [2.05, 4.69) is 21.3 Å². The van der Waals surface area contributed by atoms with Crippen LogP contribution >= 0.6 is 0 Å². The Bertz CT molecular complexity index is 854. The second-order valence-electron chi connectivity index (χ2n) is 5.67. The molecule has 0 saturated carbocycles. The summed E-state index contributed by atoms with van der Waals surface area (Å²) in [6, 6.07) is 9.38. The number of nitrogens with one attached hydrogen (secondary N) is 4. The molecule has 0 spiro atoms. The van der Waals surface area contributed by atoms with Gasteiger partial charge in [0.2, 0.25) is 0 Å². The molecule has 0 aromatic heterocycles. The van der Waals surface area contributed by atoms with Gasteiger partial charge in [-0.1, -0.05) is 0 Å². The summed E-state index contributed by atoms with van der Waals surface area (Å²) in [6.45, 7) is -0.0579. The van der Waals surface area contributed by atoms with Crippen LogP contribution in [0.3, 0.4) is 0 Å². The van der Waals surface area contributed by atoms with Gasteiger partial charge in [0, 0.05) is 11.4 Å². The van der Waals surface area contributed by atoms with Gasteiger partial charge in [-0.05, 0) is 36.4 Å². The summed E-state index contributed by atoms with van der Waals surface area (Å²) in [5.74, 6) is 0.580. The third kappa shape index (κ3) is 3.22. The number of ether oxygens (including phenoxy) is 2. The number of hydrogen-bond acceptors (Lipinski definition) is 5. The lowest BCUT2D eigenvalue weighted by Gasteiger charge is -2.19. The molecule has 0 saturated heterocycles. The van der Waals surface area contributed by atoms with Gasteiger partial charge in [-0.3, -0.25) is 9.59 Å². The number of amides is 4. The van der Waals surface area contributed by atoms with Gasteiger partial charge in [0.25, 0.3) is 11.8 Å². The van der Waals surface area contributed by atoms with E-state index in [1.165, 1.54) is 0 Å². The van der Waals surface area contributed by atoms with Crippen LogP contribution in [0.25, 0.3) is 0 Å². The first-order valence-electron chi connectivity index (χ1n) is 7.78. The molecule has 0 radical (unpaired) electrons. The van der Waals surface area contributed by atoms with Crippen molar-refractivity contribution in [2.45, 2.75) is 0 Å². The normalized spacial score (nSPS) is 14.6. The molecular weight excluding hydrogens is 340 g/mol. The van der Waals surface area contributed by atoms with Crippen molar-refractivity contribution in [3.63, 3.8) is 0 Å². The van der Waals surface area contributed by atoms with Crippen LogP contribution in [0.2, 0.25) is 0 Å². The van der Waals surface area contributed by atoms with Crippen molar-refractivity contribution >= 4 is 40.6 Å². The molecule has 0 aliphatic carbocycles. The molecule has 2 aliphatic rings. The first-order chi connectivity index (χ1) is 12.6. The van der Waals surface area contributed by atoms with E-state index in [1.54, 1.807) is 36.4 Å². The highest BCUT2D eigenvalue weighted by atomic mass is 16.5. The highest BCUT2D eigenvalue weighted by molar-refractivity contribution is 6.02. The maximum Gasteiger partial charge on any atom is 0.323 e. The van der Waals surface area contributed by atoms with E-state index in [0.29, 0.717) is 34.2 Å². The monoisotopic (exact) mass is 354 g/mol. The molecule has 132 valence electrons. The number of rotatable bonds is 2. The van der Waals surface area contributed by atoms with Crippen molar-refractivity contribution in [1.82, 2.24) is 0 Å². The molecule has 0 atom stereocenters. The lowest BCUT2D eigenvalue weighted by Crippen LogP contribution is -2.26. The molecule has 2 aromatic rings. The van der Waals surface area contributed by atoms with Crippen molar-refractivity contribution in [2.75, 3.05) is 34.5 Å². The minimum atomic E-state index is -0.476. The van der Waals surface area contributed by atoms with Gasteiger partial charge in [0.1, 0.15) is 11.5 Å². The minimum Gasteiger partial charge on any atom is -0.482 e. The SMILES string of the molecule is O=C1COc2ccc(NC(=O)Nc3ccc4c(c3)NC(=O)CO4)cc2N1. The molecule has 9 nitrogen and oxygen atoms in total. The molecule has 26 heavy (non-hydrogen) atoms. The Morgan fingerprint density at radius 2 is 1.27 bits per heavy atom. The number of anilines is 4. The van der Waals surface area contributed by atoms with Crippen molar-refractivity contribution in [1.29, 1.82) is 0 Å². The molecule has 2 heterocycles. The first kappa shape index (κ1) is 15.8. The van der Waals surface area contributed by atoms with E-state index in [1.807, 2.05) is 0 Å². The predicted octanol–water partition coefficient (Wildman–Crippen LogP) is 1.99. The van der Waals surface area contributed by atoms with Crippen molar-refractivity contribution < 1.29 is 23.9 Å². The Morgan fingerprint density at radius 1 is 0.808 bits per heavy atom. The summed E-state index contributed by atoms with van der Waals surface area (Å²) in [7, 11) is 0. The number of carbonyl (C=O) groups is 3. The number of fused-ring (bicyclic) bond motifs is 2. The maximum atomic E-state index is 12.2. The zero-order valence-electron chi connectivity index (χ0n) is 13.4. The van der Waals surface area contributed by atoms with E-state index in [9.17, 15) is 14.4 Å². The van der Waals surface area contributed by atoms with Gasteiger partial charge < -0.3 is 30.7 Å². The third-order valence-corrected chi connectivity index (χ3v) is 3.74. The Balaban J connectivity index is 1.44. The molecule has 0 fully saturated rings. The summed E-state index contributed by atoms with van der Waals surface area (Å²) < 4.78 is 10.5. The molecule has 4 N–H and O–H groups in total. The molecule has 0 unspecified atom stereocenters. The minimum absolute atomic E-state index is 0.0289. The van der Waals surface area contributed by atoms with Crippen molar-refractivity contribution in [3.05, 3.63) is 36.4 Å². The lowest BCUT2D eigenvalue weighted by atomic mass is 10.2. The fraction of sp³-hybridized carbons (Fsp3) is 0.118. The highest BCUT2D eigenvalue weighted by Gasteiger charge is 2.18. The fourth-order valence-electron chi connectivity index (χ4n) is 2.62. The van der Waals surface area contributed by atoms with E-state index >= 15 is 0 Å². The van der Waals surface area contributed by atoms with E-state index in [0.717, 1.165) is 0 Å². The molecule has 2 aliphatic heterocycles. The summed E-state index contributed by atoms with van der Waals surface area (Å²) in [5.41, 5.74) is 1.96. The zero-order chi connectivity index (χ0) is 18.1. The van der Waals surface area contributed by atoms with Crippen LogP contribution in [0.4, 0.5) is 27.5 Å². The highest BCUT2D eigenvalue weighted by Crippen LogP contribution is 2.32. The Labute approximate surface area is 147 Å². The fourth-order valence-corrected chi connectivity index (χ4v) is 2.62. The summed E-state index contributed by atoms with van der Waals surface area (Å²) in [5, 5.41) is 10.7. The molecule has 4 rings (SSSR count). The molecular formula is C17H14N4O5. The third-order valence-electron chi connectivity index (χ3n) is 3.74. The second kappa shape index (κ2) is 6.28. The van der Waals surface area contributed by atoms with Gasteiger partial charge in [-0.25, -0.2) is 4.79 Å². The predicted molar refractivity (Wildman–Crippen MR) is 93.8 cm³/mol. The molecule has 9 heteroatoms. The number of hydrogen-bond donors (Lipinski definition) is 4.